The summed E-state index contributed by atoms with van der Waals surface area (Å²) in [7, 11) is 1.40. The standard InChI is InChI=1S/C13H12O2/c1-9-6-7-11-10(8-9)4-3-5-12(11)13(14)15-2/h3-8H,1-2H3. The number of methoxy groups -OCH3 is 1. The SMILES string of the molecule is COC(=O)c1cccc2cc(C)ccc12. The maximum atomic E-state index is 11.5. The van der Waals surface area contributed by atoms with Gasteiger partial charge in [0.05, 0.1) is 12.7 Å². The molecule has 2 heteroatoms. The van der Waals surface area contributed by atoms with Crippen molar-refractivity contribution in [3.63, 3.8) is 0 Å². The normalized spacial score (nSPS) is 10.3. The Bertz CT molecular complexity index is 515. The summed E-state index contributed by atoms with van der Waals surface area (Å²) >= 11 is 0. The van der Waals surface area contributed by atoms with Gasteiger partial charge >= 0.3 is 5.97 Å². The van der Waals surface area contributed by atoms with Gasteiger partial charge in [-0.2, -0.15) is 0 Å². The zero-order chi connectivity index (χ0) is 10.8. The summed E-state index contributed by atoms with van der Waals surface area (Å²) in [5, 5.41) is 2.01. The van der Waals surface area contributed by atoms with Crippen molar-refractivity contribution in [2.24, 2.45) is 0 Å². The number of aryl methyl sites for hydroxylation is 1. The molecule has 76 valence electrons. The van der Waals surface area contributed by atoms with E-state index in [0.29, 0.717) is 5.56 Å². The predicted octanol–water partition coefficient (Wildman–Crippen LogP) is 2.93. The van der Waals surface area contributed by atoms with Crippen molar-refractivity contribution in [2.45, 2.75) is 6.92 Å². The van der Waals surface area contributed by atoms with Gasteiger partial charge in [0.2, 0.25) is 0 Å². The van der Waals surface area contributed by atoms with Gasteiger partial charge in [-0.3, -0.25) is 0 Å². The smallest absolute Gasteiger partial charge is 0.338 e. The van der Waals surface area contributed by atoms with E-state index in [1.165, 1.54) is 12.7 Å². The second-order valence-electron chi connectivity index (χ2n) is 3.52. The molecule has 0 aliphatic carbocycles. The topological polar surface area (TPSA) is 26.3 Å². The molecule has 0 spiro atoms. The van der Waals surface area contributed by atoms with Gasteiger partial charge in [-0.25, -0.2) is 4.79 Å². The molecule has 15 heavy (non-hydrogen) atoms. The maximum absolute atomic E-state index is 11.5. The summed E-state index contributed by atoms with van der Waals surface area (Å²) in [4.78, 5) is 11.5. The van der Waals surface area contributed by atoms with Gasteiger partial charge in [0.25, 0.3) is 0 Å². The first kappa shape index (κ1) is 9.71. The van der Waals surface area contributed by atoms with Crippen molar-refractivity contribution in [3.05, 3.63) is 47.5 Å². The predicted molar refractivity (Wildman–Crippen MR) is 60.0 cm³/mol. The molecule has 2 nitrogen and oxygen atoms in total. The van der Waals surface area contributed by atoms with E-state index in [1.807, 2.05) is 31.2 Å². The summed E-state index contributed by atoms with van der Waals surface area (Å²) in [5.41, 5.74) is 1.81. The van der Waals surface area contributed by atoms with Gasteiger partial charge in [0, 0.05) is 0 Å². The molecule has 0 aliphatic heterocycles. The van der Waals surface area contributed by atoms with E-state index in [2.05, 4.69) is 6.07 Å². The Hall–Kier alpha value is -1.83. The molecule has 0 aromatic heterocycles. The number of esters is 1. The Morgan fingerprint density at radius 2 is 2.00 bits per heavy atom. The second-order valence-corrected chi connectivity index (χ2v) is 3.52. The fraction of sp³-hybridized carbons (Fsp3) is 0.154. The van der Waals surface area contributed by atoms with E-state index in [4.69, 9.17) is 4.74 Å². The fourth-order valence-electron chi connectivity index (χ4n) is 1.69. The Kier molecular flexibility index (Phi) is 2.42. The lowest BCUT2D eigenvalue weighted by Crippen LogP contribution is -2.01. The number of fused-ring (bicyclic) bond motifs is 1. The molecule has 2 aromatic carbocycles. The van der Waals surface area contributed by atoms with E-state index in [1.54, 1.807) is 6.07 Å². The Labute approximate surface area is 88.5 Å². The number of ether oxygens (including phenoxy) is 1. The quantitative estimate of drug-likeness (QED) is 0.661. The van der Waals surface area contributed by atoms with E-state index < -0.39 is 0 Å². The Morgan fingerprint density at radius 1 is 1.20 bits per heavy atom. The van der Waals surface area contributed by atoms with Crippen LogP contribution in [0.2, 0.25) is 0 Å². The number of rotatable bonds is 1. The summed E-state index contributed by atoms with van der Waals surface area (Å²) in [6.07, 6.45) is 0. The highest BCUT2D eigenvalue weighted by Crippen LogP contribution is 2.20. The van der Waals surface area contributed by atoms with Crippen LogP contribution in [0.1, 0.15) is 15.9 Å². The van der Waals surface area contributed by atoms with Crippen molar-refractivity contribution >= 4 is 16.7 Å². The maximum Gasteiger partial charge on any atom is 0.338 e. The summed E-state index contributed by atoms with van der Waals surface area (Å²) in [6.45, 7) is 2.03. The van der Waals surface area contributed by atoms with E-state index >= 15 is 0 Å². The molecular weight excluding hydrogens is 188 g/mol. The monoisotopic (exact) mass is 200 g/mol. The highest BCUT2D eigenvalue weighted by atomic mass is 16.5. The lowest BCUT2D eigenvalue weighted by atomic mass is 10.0. The Morgan fingerprint density at radius 3 is 2.73 bits per heavy atom. The molecule has 0 N–H and O–H groups in total. The van der Waals surface area contributed by atoms with Gasteiger partial charge in [0.15, 0.2) is 0 Å². The molecule has 0 amide bonds. The van der Waals surface area contributed by atoms with Crippen molar-refractivity contribution in [1.29, 1.82) is 0 Å². The zero-order valence-electron chi connectivity index (χ0n) is 8.78. The molecule has 0 bridgehead atoms. The van der Waals surface area contributed by atoms with E-state index in [9.17, 15) is 4.79 Å². The van der Waals surface area contributed by atoms with Crippen LogP contribution < -0.4 is 0 Å². The molecule has 0 unspecified atom stereocenters. The Balaban J connectivity index is 2.71. The van der Waals surface area contributed by atoms with Crippen molar-refractivity contribution in [2.75, 3.05) is 7.11 Å². The molecule has 0 fully saturated rings. The van der Waals surface area contributed by atoms with Crippen LogP contribution in [0, 0.1) is 6.92 Å². The van der Waals surface area contributed by atoms with E-state index in [0.717, 1.165) is 10.8 Å². The summed E-state index contributed by atoms with van der Waals surface area (Å²) in [5.74, 6) is -0.288. The largest absolute Gasteiger partial charge is 0.465 e. The first-order valence-corrected chi connectivity index (χ1v) is 4.80. The number of hydrogen-bond donors (Lipinski definition) is 0. The third-order valence-corrected chi connectivity index (χ3v) is 2.44. The number of benzene rings is 2. The number of carbonyl (C=O) groups excluding carboxylic acids is 1. The van der Waals surface area contributed by atoms with Crippen molar-refractivity contribution in [3.8, 4) is 0 Å². The van der Waals surface area contributed by atoms with Crippen LogP contribution in [0.4, 0.5) is 0 Å². The summed E-state index contributed by atoms with van der Waals surface area (Å²) < 4.78 is 4.74. The third kappa shape index (κ3) is 1.71. The van der Waals surface area contributed by atoms with Gasteiger partial charge in [-0.15, -0.1) is 0 Å². The molecule has 0 heterocycles. The van der Waals surface area contributed by atoms with E-state index in [-0.39, 0.29) is 5.97 Å². The number of carbonyl (C=O) groups is 1. The van der Waals surface area contributed by atoms with Gasteiger partial charge < -0.3 is 4.74 Å². The molecule has 2 rings (SSSR count). The highest BCUT2D eigenvalue weighted by molar-refractivity contribution is 6.04. The van der Waals surface area contributed by atoms with Gasteiger partial charge in [-0.05, 0) is 23.8 Å². The summed E-state index contributed by atoms with van der Waals surface area (Å²) in [6, 6.07) is 11.7. The molecule has 0 saturated carbocycles. The van der Waals surface area contributed by atoms with Gasteiger partial charge in [0.1, 0.15) is 0 Å². The molecule has 0 radical (unpaired) electrons. The van der Waals surface area contributed by atoms with Crippen molar-refractivity contribution in [1.82, 2.24) is 0 Å². The molecule has 0 atom stereocenters. The highest BCUT2D eigenvalue weighted by Gasteiger charge is 2.08. The van der Waals surface area contributed by atoms with Crippen LogP contribution in [0.15, 0.2) is 36.4 Å². The van der Waals surface area contributed by atoms with Crippen LogP contribution in [-0.4, -0.2) is 13.1 Å². The third-order valence-electron chi connectivity index (χ3n) is 2.44. The van der Waals surface area contributed by atoms with Crippen molar-refractivity contribution < 1.29 is 9.53 Å². The van der Waals surface area contributed by atoms with Crippen LogP contribution >= 0.6 is 0 Å². The lowest BCUT2D eigenvalue weighted by Gasteiger charge is -2.05. The van der Waals surface area contributed by atoms with Crippen LogP contribution in [0.3, 0.4) is 0 Å². The first-order chi connectivity index (χ1) is 7.22. The molecular formula is C13H12O2. The average molecular weight is 200 g/mol. The lowest BCUT2D eigenvalue weighted by molar-refractivity contribution is 0.0603. The minimum absolute atomic E-state index is 0.288. The number of hydrogen-bond acceptors (Lipinski definition) is 2. The van der Waals surface area contributed by atoms with Gasteiger partial charge in [-0.1, -0.05) is 35.9 Å². The van der Waals surface area contributed by atoms with Crippen LogP contribution in [0.5, 0.6) is 0 Å². The first-order valence-electron chi connectivity index (χ1n) is 4.80. The molecule has 0 saturated heterocycles. The van der Waals surface area contributed by atoms with Crippen LogP contribution in [-0.2, 0) is 4.74 Å². The fourth-order valence-corrected chi connectivity index (χ4v) is 1.69. The molecule has 0 aliphatic rings. The van der Waals surface area contributed by atoms with Crippen LogP contribution in [0.25, 0.3) is 10.8 Å². The second kappa shape index (κ2) is 3.73. The average Bonchev–Trinajstić information content (AvgIpc) is 2.26. The zero-order valence-corrected chi connectivity index (χ0v) is 8.78. The minimum Gasteiger partial charge on any atom is -0.465 e. The molecule has 2 aromatic rings. The minimum atomic E-state index is -0.288.